The van der Waals surface area contributed by atoms with E-state index in [1.165, 1.54) is 22.7 Å². The second kappa shape index (κ2) is 9.88. The highest BCUT2D eigenvalue weighted by Crippen LogP contribution is 2.35. The number of alkyl halides is 3. The fourth-order valence-corrected chi connectivity index (χ4v) is 5.20. The molecule has 0 spiro atoms. The highest BCUT2D eigenvalue weighted by molar-refractivity contribution is 7.98. The molecule has 168 valence electrons. The molecule has 0 aliphatic carbocycles. The predicted octanol–water partition coefficient (Wildman–Crippen LogP) is 1.33. The smallest absolute Gasteiger partial charge is 0.352 e. The molecule has 1 fully saturated rings. The van der Waals surface area contributed by atoms with Crippen LogP contribution < -0.4 is 11.1 Å². The number of hydrogen-bond donors (Lipinski definition) is 2. The van der Waals surface area contributed by atoms with Crippen molar-refractivity contribution in [1.29, 1.82) is 0 Å². The molecule has 0 aromatic heterocycles. The summed E-state index contributed by atoms with van der Waals surface area (Å²) in [5.74, 6) is 0.190. The number of piperazine rings is 1. The summed E-state index contributed by atoms with van der Waals surface area (Å²) < 4.78 is 66.2. The molecule has 1 aliphatic rings. The Balaban J connectivity index is 2.13. The molecule has 1 aromatic rings. The standard InChI is InChI=1S/C17H23F3N4O4S2/c1-29-11-6-13(22-16(21)26)15(25)23-7-9-24(10-8-23)30(27,28)14-5-3-2-4-12(14)17(18,19)20/h2-5,13H,6-11H2,1H3,(H3,21,22,26)/t13-/m0/s1. The number of carbonyl (C=O) groups is 2. The van der Waals surface area contributed by atoms with Crippen LogP contribution in [0.25, 0.3) is 0 Å². The molecular formula is C17H23F3N4O4S2. The second-order valence-corrected chi connectivity index (χ2v) is 9.46. The number of nitrogens with zero attached hydrogens (tertiary/aromatic N) is 2. The minimum absolute atomic E-state index is 0.0115. The topological polar surface area (TPSA) is 113 Å². The molecule has 1 heterocycles. The number of thioether (sulfide) groups is 1. The van der Waals surface area contributed by atoms with Crippen molar-refractivity contribution >= 4 is 33.7 Å². The Kier molecular flexibility index (Phi) is 7.99. The SMILES string of the molecule is CSCC[C@H](NC(N)=O)C(=O)N1CCN(S(=O)(=O)c2ccccc2C(F)(F)F)CC1. The maximum Gasteiger partial charge on any atom is 0.417 e. The van der Waals surface area contributed by atoms with Gasteiger partial charge in [-0.2, -0.15) is 29.2 Å². The molecule has 2 rings (SSSR count). The average molecular weight is 469 g/mol. The van der Waals surface area contributed by atoms with E-state index in [2.05, 4.69) is 5.32 Å². The first-order valence-electron chi connectivity index (χ1n) is 8.98. The van der Waals surface area contributed by atoms with Crippen LogP contribution >= 0.6 is 11.8 Å². The van der Waals surface area contributed by atoms with Gasteiger partial charge in [-0.3, -0.25) is 4.79 Å². The van der Waals surface area contributed by atoms with Crippen molar-refractivity contribution in [2.45, 2.75) is 23.5 Å². The van der Waals surface area contributed by atoms with Crippen LogP contribution in [0.5, 0.6) is 0 Å². The van der Waals surface area contributed by atoms with Crippen molar-refractivity contribution in [3.63, 3.8) is 0 Å². The minimum Gasteiger partial charge on any atom is -0.352 e. The molecule has 3 amide bonds. The Hall–Kier alpha value is -1.99. The third-order valence-corrected chi connectivity index (χ3v) is 7.19. The van der Waals surface area contributed by atoms with Gasteiger partial charge in [0.15, 0.2) is 0 Å². The third kappa shape index (κ3) is 5.79. The van der Waals surface area contributed by atoms with Crippen LogP contribution in [0.3, 0.4) is 0 Å². The zero-order valence-corrected chi connectivity index (χ0v) is 17.8. The predicted molar refractivity (Wildman–Crippen MR) is 106 cm³/mol. The normalized spacial score (nSPS) is 16.9. The van der Waals surface area contributed by atoms with Gasteiger partial charge < -0.3 is 16.0 Å². The van der Waals surface area contributed by atoms with Crippen LogP contribution in [0, 0.1) is 0 Å². The first-order valence-corrected chi connectivity index (χ1v) is 11.8. The maximum atomic E-state index is 13.2. The minimum atomic E-state index is -4.81. The Morgan fingerprint density at radius 2 is 1.80 bits per heavy atom. The summed E-state index contributed by atoms with van der Waals surface area (Å²) in [6.45, 7) is -0.344. The van der Waals surface area contributed by atoms with Crippen LogP contribution in [0.1, 0.15) is 12.0 Å². The highest BCUT2D eigenvalue weighted by Gasteiger charge is 2.40. The maximum absolute atomic E-state index is 13.2. The fourth-order valence-electron chi connectivity index (χ4n) is 3.10. The van der Waals surface area contributed by atoms with Crippen LogP contribution in [-0.2, 0) is 21.0 Å². The molecular weight excluding hydrogens is 445 g/mol. The molecule has 1 aromatic carbocycles. The van der Waals surface area contributed by atoms with Crippen molar-refractivity contribution < 1.29 is 31.2 Å². The van der Waals surface area contributed by atoms with Gasteiger partial charge >= 0.3 is 12.2 Å². The lowest BCUT2D eigenvalue weighted by Gasteiger charge is -2.36. The number of sulfonamides is 1. The van der Waals surface area contributed by atoms with Gasteiger partial charge in [0.25, 0.3) is 0 Å². The zero-order valence-electron chi connectivity index (χ0n) is 16.2. The number of urea groups is 1. The van der Waals surface area contributed by atoms with E-state index in [0.717, 1.165) is 22.5 Å². The fraction of sp³-hybridized carbons (Fsp3) is 0.529. The average Bonchev–Trinajstić information content (AvgIpc) is 2.69. The molecule has 0 radical (unpaired) electrons. The van der Waals surface area contributed by atoms with Crippen LogP contribution in [0.15, 0.2) is 29.2 Å². The van der Waals surface area contributed by atoms with Gasteiger partial charge in [0, 0.05) is 26.2 Å². The molecule has 0 bridgehead atoms. The largest absolute Gasteiger partial charge is 0.417 e. The molecule has 8 nitrogen and oxygen atoms in total. The summed E-state index contributed by atoms with van der Waals surface area (Å²) in [5.41, 5.74) is 3.89. The Labute approximate surface area is 177 Å². The Bertz CT molecular complexity index is 872. The molecule has 0 unspecified atom stereocenters. The molecule has 1 aliphatic heterocycles. The lowest BCUT2D eigenvalue weighted by molar-refractivity contribution is -0.139. The summed E-state index contributed by atoms with van der Waals surface area (Å²) in [6, 6.07) is 2.30. The van der Waals surface area contributed by atoms with Gasteiger partial charge in [0.05, 0.1) is 10.5 Å². The highest BCUT2D eigenvalue weighted by atomic mass is 32.2. The van der Waals surface area contributed by atoms with Crippen LogP contribution in [-0.4, -0.2) is 73.8 Å². The van der Waals surface area contributed by atoms with Gasteiger partial charge in [0.1, 0.15) is 6.04 Å². The van der Waals surface area contributed by atoms with E-state index in [-0.39, 0.29) is 26.2 Å². The third-order valence-electron chi connectivity index (χ3n) is 4.59. The van der Waals surface area contributed by atoms with Crippen molar-refractivity contribution in [3.05, 3.63) is 29.8 Å². The van der Waals surface area contributed by atoms with Crippen LogP contribution in [0.4, 0.5) is 18.0 Å². The lowest BCUT2D eigenvalue weighted by Crippen LogP contribution is -2.56. The number of rotatable bonds is 7. The number of primary amides is 1. The monoisotopic (exact) mass is 468 g/mol. The summed E-state index contributed by atoms with van der Waals surface area (Å²) in [4.78, 5) is 24.4. The number of benzene rings is 1. The number of hydrogen-bond acceptors (Lipinski definition) is 5. The zero-order chi connectivity index (χ0) is 22.5. The van der Waals surface area contributed by atoms with Gasteiger partial charge in [-0.15, -0.1) is 0 Å². The number of nitrogens with two attached hydrogens (primary N) is 1. The number of amides is 3. The number of nitrogens with one attached hydrogen (secondary N) is 1. The molecule has 1 saturated heterocycles. The van der Waals surface area contributed by atoms with E-state index in [0.29, 0.717) is 12.2 Å². The number of halogens is 3. The first kappa shape index (κ1) is 24.3. The molecule has 1 atom stereocenters. The van der Waals surface area contributed by atoms with Crippen LogP contribution in [0.2, 0.25) is 0 Å². The Morgan fingerprint density at radius 1 is 1.20 bits per heavy atom. The lowest BCUT2D eigenvalue weighted by atomic mass is 10.2. The van der Waals surface area contributed by atoms with E-state index < -0.39 is 44.6 Å². The van der Waals surface area contributed by atoms with Gasteiger partial charge in [-0.05, 0) is 30.6 Å². The summed E-state index contributed by atoms with van der Waals surface area (Å²) >= 11 is 1.48. The van der Waals surface area contributed by atoms with E-state index in [4.69, 9.17) is 5.73 Å². The first-order chi connectivity index (χ1) is 14.0. The molecule has 30 heavy (non-hydrogen) atoms. The van der Waals surface area contributed by atoms with Crippen molar-refractivity contribution in [2.24, 2.45) is 5.73 Å². The van der Waals surface area contributed by atoms with E-state index in [1.54, 1.807) is 0 Å². The van der Waals surface area contributed by atoms with E-state index >= 15 is 0 Å². The van der Waals surface area contributed by atoms with E-state index in [1.807, 2.05) is 6.26 Å². The Morgan fingerprint density at radius 3 is 2.33 bits per heavy atom. The number of carbonyl (C=O) groups excluding carboxylic acids is 2. The van der Waals surface area contributed by atoms with Gasteiger partial charge in [0.2, 0.25) is 15.9 Å². The van der Waals surface area contributed by atoms with Crippen molar-refractivity contribution in [2.75, 3.05) is 38.2 Å². The molecule has 0 saturated carbocycles. The van der Waals surface area contributed by atoms with Gasteiger partial charge in [-0.1, -0.05) is 12.1 Å². The molecule has 3 N–H and O–H groups in total. The summed E-state index contributed by atoms with van der Waals surface area (Å²) in [6.07, 6.45) is -2.62. The van der Waals surface area contributed by atoms with E-state index in [9.17, 15) is 31.2 Å². The second-order valence-electron chi connectivity index (χ2n) is 6.57. The van der Waals surface area contributed by atoms with Crippen molar-refractivity contribution in [3.8, 4) is 0 Å². The summed E-state index contributed by atoms with van der Waals surface area (Å²) in [7, 11) is -4.40. The van der Waals surface area contributed by atoms with Crippen molar-refractivity contribution in [1.82, 2.24) is 14.5 Å². The molecule has 13 heteroatoms. The summed E-state index contributed by atoms with van der Waals surface area (Å²) in [5, 5.41) is 2.38. The van der Waals surface area contributed by atoms with Gasteiger partial charge in [-0.25, -0.2) is 13.2 Å². The quantitative estimate of drug-likeness (QED) is 0.627.